The lowest BCUT2D eigenvalue weighted by atomic mass is 10.2. The van der Waals surface area contributed by atoms with Gasteiger partial charge in [-0.15, -0.1) is 0 Å². The molecule has 0 saturated heterocycles. The van der Waals surface area contributed by atoms with Crippen LogP contribution in [0.5, 0.6) is 11.5 Å². The maximum absolute atomic E-state index is 11.4. The molecule has 0 aliphatic carbocycles. The van der Waals surface area contributed by atoms with Crippen molar-refractivity contribution in [3.05, 3.63) is 30.1 Å². The number of aromatic amines is 1. The highest BCUT2D eigenvalue weighted by Crippen LogP contribution is 2.33. The van der Waals surface area contributed by atoms with E-state index in [0.29, 0.717) is 30.5 Å². The Labute approximate surface area is 109 Å². The Morgan fingerprint density at radius 2 is 2.11 bits per heavy atom. The fourth-order valence-corrected chi connectivity index (χ4v) is 1.87. The summed E-state index contributed by atoms with van der Waals surface area (Å²) in [5.74, 6) is 1.53. The van der Waals surface area contributed by atoms with Gasteiger partial charge in [-0.25, -0.2) is 9.78 Å². The van der Waals surface area contributed by atoms with E-state index in [4.69, 9.17) is 9.47 Å². The van der Waals surface area contributed by atoms with Gasteiger partial charge in [0, 0.05) is 5.56 Å². The fraction of sp³-hybridized carbons (Fsp3) is 0.231. The lowest BCUT2D eigenvalue weighted by Crippen LogP contribution is -2.15. The highest BCUT2D eigenvalue weighted by molar-refractivity contribution is 5.87. The van der Waals surface area contributed by atoms with E-state index in [-0.39, 0.29) is 0 Å². The zero-order chi connectivity index (χ0) is 13.2. The molecule has 6 heteroatoms. The monoisotopic (exact) mass is 260 g/mol. The van der Waals surface area contributed by atoms with Crippen molar-refractivity contribution in [3.8, 4) is 22.9 Å². The third-order valence-electron chi connectivity index (χ3n) is 2.80. The van der Waals surface area contributed by atoms with Crippen LogP contribution < -0.4 is 9.47 Å². The molecule has 1 aliphatic heterocycles. The van der Waals surface area contributed by atoms with Gasteiger partial charge in [0.15, 0.2) is 11.5 Å². The molecule has 0 fully saturated rings. The van der Waals surface area contributed by atoms with Gasteiger partial charge in [0.25, 0.3) is 0 Å². The second-order valence-electron chi connectivity index (χ2n) is 4.00. The second kappa shape index (κ2) is 4.64. The van der Waals surface area contributed by atoms with E-state index < -0.39 is 5.97 Å². The number of hydrogen-bond acceptors (Lipinski definition) is 5. The summed E-state index contributed by atoms with van der Waals surface area (Å²) < 4.78 is 15.6. The Morgan fingerprint density at radius 1 is 1.32 bits per heavy atom. The third kappa shape index (κ3) is 2.12. The van der Waals surface area contributed by atoms with Gasteiger partial charge >= 0.3 is 5.97 Å². The third-order valence-corrected chi connectivity index (χ3v) is 2.80. The number of nitrogens with one attached hydrogen (secondary N) is 1. The zero-order valence-electron chi connectivity index (χ0n) is 10.3. The summed E-state index contributed by atoms with van der Waals surface area (Å²) in [7, 11) is 1.33. The molecule has 3 rings (SSSR count). The first-order valence-corrected chi connectivity index (χ1v) is 5.81. The molecule has 0 bridgehead atoms. The maximum atomic E-state index is 11.4. The molecule has 0 spiro atoms. The van der Waals surface area contributed by atoms with Crippen LogP contribution in [0, 0.1) is 0 Å². The zero-order valence-corrected chi connectivity index (χ0v) is 10.3. The highest BCUT2D eigenvalue weighted by atomic mass is 16.6. The normalized spacial score (nSPS) is 13.1. The number of H-pyrrole nitrogens is 1. The summed E-state index contributed by atoms with van der Waals surface area (Å²) in [5, 5.41) is 0. The van der Waals surface area contributed by atoms with Gasteiger partial charge in [0.2, 0.25) is 0 Å². The molecule has 0 unspecified atom stereocenters. The summed E-state index contributed by atoms with van der Waals surface area (Å²) >= 11 is 0. The van der Waals surface area contributed by atoms with Crippen molar-refractivity contribution in [2.75, 3.05) is 20.3 Å². The number of benzene rings is 1. The summed E-state index contributed by atoms with van der Waals surface area (Å²) in [6.45, 7) is 1.08. The molecule has 1 aromatic heterocycles. The Morgan fingerprint density at radius 3 is 2.89 bits per heavy atom. The van der Waals surface area contributed by atoms with Gasteiger partial charge in [0.1, 0.15) is 24.7 Å². The van der Waals surface area contributed by atoms with Crippen LogP contribution in [-0.4, -0.2) is 36.3 Å². The van der Waals surface area contributed by atoms with Crippen molar-refractivity contribution in [2.24, 2.45) is 0 Å². The minimum Gasteiger partial charge on any atom is -0.486 e. The molecular weight excluding hydrogens is 248 g/mol. The Hall–Kier alpha value is -2.50. The molecule has 0 radical (unpaired) electrons. The minimum atomic E-state index is -0.448. The number of hydrogen-bond donors (Lipinski definition) is 1. The molecule has 2 aromatic rings. The molecular formula is C13H12N2O4. The molecule has 6 nitrogen and oxygen atoms in total. The number of aromatic nitrogens is 2. The van der Waals surface area contributed by atoms with Gasteiger partial charge in [-0.05, 0) is 18.2 Å². The van der Waals surface area contributed by atoms with E-state index in [2.05, 4.69) is 14.7 Å². The highest BCUT2D eigenvalue weighted by Gasteiger charge is 2.15. The number of esters is 1. The molecule has 1 aliphatic rings. The van der Waals surface area contributed by atoms with Crippen molar-refractivity contribution < 1.29 is 19.0 Å². The molecule has 0 saturated carbocycles. The van der Waals surface area contributed by atoms with Crippen LogP contribution in [0.15, 0.2) is 24.4 Å². The first-order chi connectivity index (χ1) is 9.28. The van der Waals surface area contributed by atoms with Crippen molar-refractivity contribution >= 4 is 5.97 Å². The first kappa shape index (κ1) is 11.6. The summed E-state index contributed by atoms with van der Waals surface area (Å²) in [6.07, 6.45) is 1.44. The Balaban J connectivity index is 1.93. The standard InChI is InChI=1S/C13H12N2O4/c1-17-13(16)9-7-14-12(15-9)8-2-3-10-11(6-8)19-5-4-18-10/h2-3,6-7H,4-5H2,1H3,(H,14,15). The number of imidazole rings is 1. The van der Waals surface area contributed by atoms with Gasteiger partial charge in [-0.2, -0.15) is 0 Å². The van der Waals surface area contributed by atoms with Crippen molar-refractivity contribution in [2.45, 2.75) is 0 Å². The lowest BCUT2D eigenvalue weighted by Gasteiger charge is -2.18. The molecule has 0 amide bonds. The Bertz CT molecular complexity index is 621. The van der Waals surface area contributed by atoms with Crippen LogP contribution in [0.25, 0.3) is 11.4 Å². The van der Waals surface area contributed by atoms with Gasteiger partial charge in [0.05, 0.1) is 13.3 Å². The number of rotatable bonds is 2. The van der Waals surface area contributed by atoms with E-state index in [1.165, 1.54) is 13.3 Å². The van der Waals surface area contributed by atoms with E-state index in [1.54, 1.807) is 0 Å². The summed E-state index contributed by atoms with van der Waals surface area (Å²) in [5.41, 5.74) is 1.13. The largest absolute Gasteiger partial charge is 0.486 e. The van der Waals surface area contributed by atoms with Crippen LogP contribution in [0.3, 0.4) is 0 Å². The SMILES string of the molecule is COC(=O)c1cnc(-c2ccc3c(c2)OCCO3)[nH]1. The van der Waals surface area contributed by atoms with Crippen molar-refractivity contribution in [1.82, 2.24) is 9.97 Å². The van der Waals surface area contributed by atoms with E-state index in [1.807, 2.05) is 18.2 Å². The van der Waals surface area contributed by atoms with Gasteiger partial charge < -0.3 is 19.2 Å². The summed E-state index contributed by atoms with van der Waals surface area (Å²) in [4.78, 5) is 18.4. The number of nitrogens with zero attached hydrogens (tertiary/aromatic N) is 1. The average molecular weight is 260 g/mol. The lowest BCUT2D eigenvalue weighted by molar-refractivity contribution is 0.0595. The van der Waals surface area contributed by atoms with Crippen LogP contribution in [0.4, 0.5) is 0 Å². The smallest absolute Gasteiger partial charge is 0.356 e. The average Bonchev–Trinajstić information content (AvgIpc) is 2.95. The van der Waals surface area contributed by atoms with Crippen LogP contribution in [0.1, 0.15) is 10.5 Å². The van der Waals surface area contributed by atoms with Crippen molar-refractivity contribution in [1.29, 1.82) is 0 Å². The predicted octanol–water partition coefficient (Wildman–Crippen LogP) is 1.63. The molecule has 0 atom stereocenters. The topological polar surface area (TPSA) is 73.4 Å². The predicted molar refractivity (Wildman–Crippen MR) is 66.4 cm³/mol. The fourth-order valence-electron chi connectivity index (χ4n) is 1.87. The number of methoxy groups -OCH3 is 1. The number of ether oxygens (including phenoxy) is 3. The van der Waals surface area contributed by atoms with E-state index in [0.717, 1.165) is 11.3 Å². The number of fused-ring (bicyclic) bond motifs is 1. The van der Waals surface area contributed by atoms with Crippen LogP contribution in [0.2, 0.25) is 0 Å². The van der Waals surface area contributed by atoms with Crippen LogP contribution >= 0.6 is 0 Å². The Kier molecular flexibility index (Phi) is 2.83. The number of carbonyl (C=O) groups excluding carboxylic acids is 1. The van der Waals surface area contributed by atoms with E-state index in [9.17, 15) is 4.79 Å². The maximum Gasteiger partial charge on any atom is 0.356 e. The van der Waals surface area contributed by atoms with E-state index >= 15 is 0 Å². The first-order valence-electron chi connectivity index (χ1n) is 5.81. The molecule has 98 valence electrons. The minimum absolute atomic E-state index is 0.312. The molecule has 1 N–H and O–H groups in total. The van der Waals surface area contributed by atoms with Crippen LogP contribution in [-0.2, 0) is 4.74 Å². The second-order valence-corrected chi connectivity index (χ2v) is 4.00. The molecule has 19 heavy (non-hydrogen) atoms. The molecule has 2 heterocycles. The quantitative estimate of drug-likeness (QED) is 0.831. The number of carbonyl (C=O) groups is 1. The molecule has 1 aromatic carbocycles. The van der Waals surface area contributed by atoms with Crippen molar-refractivity contribution in [3.63, 3.8) is 0 Å². The summed E-state index contributed by atoms with van der Waals surface area (Å²) in [6, 6.07) is 5.51. The van der Waals surface area contributed by atoms with Gasteiger partial charge in [-0.1, -0.05) is 0 Å². The van der Waals surface area contributed by atoms with Gasteiger partial charge in [-0.3, -0.25) is 0 Å².